The SMILES string of the molecule is CC1CC(NCCCC(F)(F)F)CCN1C. The normalized spacial score (nSPS) is 28.3. The van der Waals surface area contributed by atoms with Crippen LogP contribution in [0.15, 0.2) is 0 Å². The van der Waals surface area contributed by atoms with Crippen LogP contribution in [0.3, 0.4) is 0 Å². The van der Waals surface area contributed by atoms with Gasteiger partial charge in [0.05, 0.1) is 0 Å². The number of hydrogen-bond donors (Lipinski definition) is 1. The summed E-state index contributed by atoms with van der Waals surface area (Å²) < 4.78 is 35.7. The third kappa shape index (κ3) is 5.16. The fourth-order valence-corrected chi connectivity index (χ4v) is 2.07. The summed E-state index contributed by atoms with van der Waals surface area (Å²) in [5.41, 5.74) is 0. The standard InChI is InChI=1S/C11H21F3N2/c1-9-8-10(4-7-16(9)2)15-6-3-5-11(12,13)14/h9-10,15H,3-8H2,1-2H3. The van der Waals surface area contributed by atoms with Gasteiger partial charge in [0.25, 0.3) is 0 Å². The van der Waals surface area contributed by atoms with Gasteiger partial charge in [-0.3, -0.25) is 0 Å². The van der Waals surface area contributed by atoms with Gasteiger partial charge in [-0.25, -0.2) is 0 Å². The minimum Gasteiger partial charge on any atom is -0.314 e. The number of nitrogens with zero attached hydrogens (tertiary/aromatic N) is 1. The molecular weight excluding hydrogens is 217 g/mol. The van der Waals surface area contributed by atoms with Crippen LogP contribution in [0.25, 0.3) is 0 Å². The molecule has 1 N–H and O–H groups in total. The van der Waals surface area contributed by atoms with Crippen LogP contribution in [-0.2, 0) is 0 Å². The van der Waals surface area contributed by atoms with E-state index in [2.05, 4.69) is 24.2 Å². The van der Waals surface area contributed by atoms with Crippen LogP contribution in [-0.4, -0.2) is 43.3 Å². The van der Waals surface area contributed by atoms with E-state index in [1.54, 1.807) is 0 Å². The lowest BCUT2D eigenvalue weighted by Gasteiger charge is -2.35. The Bertz CT molecular complexity index is 206. The summed E-state index contributed by atoms with van der Waals surface area (Å²) in [6.07, 6.45) is -2.44. The summed E-state index contributed by atoms with van der Waals surface area (Å²) in [7, 11) is 2.09. The molecule has 1 saturated heterocycles. The molecule has 1 rings (SSSR count). The highest BCUT2D eigenvalue weighted by atomic mass is 19.4. The van der Waals surface area contributed by atoms with Crippen molar-refractivity contribution in [2.24, 2.45) is 0 Å². The highest BCUT2D eigenvalue weighted by Gasteiger charge is 2.26. The number of likely N-dealkylation sites (tertiary alicyclic amines) is 1. The first-order chi connectivity index (χ1) is 7.38. The van der Waals surface area contributed by atoms with Crippen molar-refractivity contribution >= 4 is 0 Å². The van der Waals surface area contributed by atoms with E-state index in [1.165, 1.54) is 0 Å². The fourth-order valence-electron chi connectivity index (χ4n) is 2.07. The Morgan fingerprint density at radius 3 is 2.62 bits per heavy atom. The van der Waals surface area contributed by atoms with E-state index in [1.807, 2.05) is 0 Å². The molecule has 0 aromatic rings. The first-order valence-electron chi connectivity index (χ1n) is 5.89. The molecule has 0 amide bonds. The fraction of sp³-hybridized carbons (Fsp3) is 1.00. The van der Waals surface area contributed by atoms with Crippen LogP contribution in [0.2, 0.25) is 0 Å². The van der Waals surface area contributed by atoms with Gasteiger partial charge in [0.1, 0.15) is 0 Å². The van der Waals surface area contributed by atoms with Gasteiger partial charge in [0.15, 0.2) is 0 Å². The van der Waals surface area contributed by atoms with Gasteiger partial charge in [-0.2, -0.15) is 13.2 Å². The molecule has 0 saturated carbocycles. The molecule has 0 aromatic carbocycles. The van der Waals surface area contributed by atoms with Crippen LogP contribution in [0.4, 0.5) is 13.2 Å². The third-order valence-corrected chi connectivity index (χ3v) is 3.28. The quantitative estimate of drug-likeness (QED) is 0.757. The molecule has 2 atom stereocenters. The largest absolute Gasteiger partial charge is 0.389 e. The number of nitrogens with one attached hydrogen (secondary N) is 1. The second-order valence-electron chi connectivity index (χ2n) is 4.72. The highest BCUT2D eigenvalue weighted by molar-refractivity contribution is 4.81. The molecule has 0 bridgehead atoms. The molecule has 0 spiro atoms. The van der Waals surface area contributed by atoms with E-state index in [9.17, 15) is 13.2 Å². The number of piperidine rings is 1. The zero-order valence-electron chi connectivity index (χ0n) is 9.98. The topological polar surface area (TPSA) is 15.3 Å². The Balaban J connectivity index is 2.10. The van der Waals surface area contributed by atoms with Crippen LogP contribution in [0.1, 0.15) is 32.6 Å². The average Bonchev–Trinajstić information content (AvgIpc) is 2.17. The number of halogens is 3. The maximum atomic E-state index is 11.9. The molecule has 1 heterocycles. The van der Waals surface area contributed by atoms with E-state index in [-0.39, 0.29) is 6.42 Å². The van der Waals surface area contributed by atoms with Crippen molar-refractivity contribution in [3.8, 4) is 0 Å². The Hall–Kier alpha value is -0.290. The third-order valence-electron chi connectivity index (χ3n) is 3.28. The van der Waals surface area contributed by atoms with E-state index in [0.717, 1.165) is 19.4 Å². The van der Waals surface area contributed by atoms with Gasteiger partial charge in [-0.15, -0.1) is 0 Å². The summed E-state index contributed by atoms with van der Waals surface area (Å²) in [6.45, 7) is 3.66. The zero-order chi connectivity index (χ0) is 12.2. The second kappa shape index (κ2) is 5.87. The minimum atomic E-state index is -4.01. The first-order valence-corrected chi connectivity index (χ1v) is 5.89. The number of hydrogen-bond acceptors (Lipinski definition) is 2. The van der Waals surface area contributed by atoms with Crippen molar-refractivity contribution < 1.29 is 13.2 Å². The van der Waals surface area contributed by atoms with Crippen molar-refractivity contribution in [3.63, 3.8) is 0 Å². The van der Waals surface area contributed by atoms with E-state index >= 15 is 0 Å². The van der Waals surface area contributed by atoms with Crippen LogP contribution >= 0.6 is 0 Å². The van der Waals surface area contributed by atoms with Crippen LogP contribution in [0, 0.1) is 0 Å². The van der Waals surface area contributed by atoms with E-state index < -0.39 is 12.6 Å². The maximum Gasteiger partial charge on any atom is 0.389 e. The average molecular weight is 238 g/mol. The Kier molecular flexibility index (Phi) is 5.05. The lowest BCUT2D eigenvalue weighted by Crippen LogP contribution is -2.45. The zero-order valence-corrected chi connectivity index (χ0v) is 9.98. The first kappa shape index (κ1) is 13.8. The van der Waals surface area contributed by atoms with Gasteiger partial charge in [-0.05, 0) is 46.3 Å². The number of alkyl halides is 3. The molecule has 0 radical (unpaired) electrons. The lowest BCUT2D eigenvalue weighted by molar-refractivity contribution is -0.135. The molecule has 0 aromatic heterocycles. The summed E-state index contributed by atoms with van der Waals surface area (Å²) >= 11 is 0. The van der Waals surface area contributed by atoms with Crippen molar-refractivity contribution in [2.45, 2.75) is 50.9 Å². The Morgan fingerprint density at radius 2 is 2.06 bits per heavy atom. The summed E-state index contributed by atoms with van der Waals surface area (Å²) in [4.78, 5) is 2.29. The lowest BCUT2D eigenvalue weighted by atomic mass is 9.99. The van der Waals surface area contributed by atoms with Crippen LogP contribution in [0.5, 0.6) is 0 Å². The summed E-state index contributed by atoms with van der Waals surface area (Å²) in [5.74, 6) is 0. The van der Waals surface area contributed by atoms with Crippen molar-refractivity contribution in [2.75, 3.05) is 20.1 Å². The maximum absolute atomic E-state index is 11.9. The monoisotopic (exact) mass is 238 g/mol. The number of rotatable bonds is 4. The molecule has 1 aliphatic heterocycles. The summed E-state index contributed by atoms with van der Waals surface area (Å²) in [6, 6.07) is 0.910. The predicted octanol–water partition coefficient (Wildman–Crippen LogP) is 2.40. The van der Waals surface area contributed by atoms with Gasteiger partial charge in [-0.1, -0.05) is 0 Å². The minimum absolute atomic E-state index is 0.185. The van der Waals surface area contributed by atoms with Crippen LogP contribution < -0.4 is 5.32 Å². The smallest absolute Gasteiger partial charge is 0.314 e. The van der Waals surface area contributed by atoms with E-state index in [0.29, 0.717) is 18.6 Å². The van der Waals surface area contributed by atoms with Gasteiger partial charge in [0, 0.05) is 18.5 Å². The van der Waals surface area contributed by atoms with Crippen molar-refractivity contribution in [3.05, 3.63) is 0 Å². The molecule has 2 nitrogen and oxygen atoms in total. The molecule has 16 heavy (non-hydrogen) atoms. The Morgan fingerprint density at radius 1 is 1.38 bits per heavy atom. The van der Waals surface area contributed by atoms with Crippen molar-refractivity contribution in [1.82, 2.24) is 10.2 Å². The molecule has 1 fully saturated rings. The molecule has 0 aliphatic carbocycles. The van der Waals surface area contributed by atoms with E-state index in [4.69, 9.17) is 0 Å². The molecule has 96 valence electrons. The molecular formula is C11H21F3N2. The summed E-state index contributed by atoms with van der Waals surface area (Å²) in [5, 5.41) is 3.22. The highest BCUT2D eigenvalue weighted by Crippen LogP contribution is 2.21. The van der Waals surface area contributed by atoms with Gasteiger partial charge >= 0.3 is 6.18 Å². The van der Waals surface area contributed by atoms with Gasteiger partial charge < -0.3 is 10.2 Å². The van der Waals surface area contributed by atoms with Crippen molar-refractivity contribution in [1.29, 1.82) is 0 Å². The molecule has 2 unspecified atom stereocenters. The van der Waals surface area contributed by atoms with Gasteiger partial charge in [0.2, 0.25) is 0 Å². The predicted molar refractivity (Wildman–Crippen MR) is 58.4 cm³/mol. The molecule has 5 heteroatoms. The Labute approximate surface area is 95.2 Å². The second-order valence-corrected chi connectivity index (χ2v) is 4.72. The molecule has 1 aliphatic rings.